The van der Waals surface area contributed by atoms with Gasteiger partial charge in [-0.05, 0) is 24.8 Å². The summed E-state index contributed by atoms with van der Waals surface area (Å²) < 4.78 is 19.2. The molecular formula is C17H21FN4O3. The predicted molar refractivity (Wildman–Crippen MR) is 87.2 cm³/mol. The second-order valence-corrected chi connectivity index (χ2v) is 6.21. The third kappa shape index (κ3) is 3.96. The smallest absolute Gasteiger partial charge is 0.318 e. The first-order valence-corrected chi connectivity index (χ1v) is 8.29. The molecule has 1 fully saturated rings. The van der Waals surface area contributed by atoms with Crippen LogP contribution in [0.25, 0.3) is 0 Å². The molecule has 0 aliphatic carbocycles. The van der Waals surface area contributed by atoms with Crippen molar-refractivity contribution in [2.75, 3.05) is 19.7 Å². The van der Waals surface area contributed by atoms with E-state index in [4.69, 9.17) is 4.52 Å². The number of aliphatic hydroxyl groups excluding tert-OH is 1. The van der Waals surface area contributed by atoms with Crippen LogP contribution in [0.5, 0.6) is 0 Å². The zero-order chi connectivity index (χ0) is 17.8. The maximum Gasteiger partial charge on any atom is 0.318 e. The van der Waals surface area contributed by atoms with Crippen LogP contribution in [0.4, 0.5) is 9.18 Å². The first-order valence-electron chi connectivity index (χ1n) is 8.29. The Morgan fingerprint density at radius 1 is 1.52 bits per heavy atom. The molecule has 0 spiro atoms. The molecule has 2 N–H and O–H groups in total. The molecule has 2 atom stereocenters. The molecule has 1 saturated heterocycles. The number of hydrogen-bond donors (Lipinski definition) is 2. The fourth-order valence-electron chi connectivity index (χ4n) is 3.04. The summed E-state index contributed by atoms with van der Waals surface area (Å²) in [5.74, 6) is 0.150. The highest BCUT2D eigenvalue weighted by Gasteiger charge is 2.29. The van der Waals surface area contributed by atoms with Crippen molar-refractivity contribution in [3.8, 4) is 0 Å². The van der Waals surface area contributed by atoms with E-state index in [0.717, 1.165) is 12.8 Å². The van der Waals surface area contributed by atoms with Crippen molar-refractivity contribution >= 4 is 6.03 Å². The summed E-state index contributed by atoms with van der Waals surface area (Å²) in [6.45, 7) is 2.74. The predicted octanol–water partition coefficient (Wildman–Crippen LogP) is 2.02. The van der Waals surface area contributed by atoms with E-state index in [0.29, 0.717) is 19.0 Å². The van der Waals surface area contributed by atoms with Crippen molar-refractivity contribution in [1.82, 2.24) is 20.4 Å². The molecule has 2 aromatic rings. The normalized spacial score (nSPS) is 18.8. The number of carbonyl (C=O) groups is 1. The lowest BCUT2D eigenvalue weighted by Crippen LogP contribution is -2.47. The zero-order valence-electron chi connectivity index (χ0n) is 14.0. The van der Waals surface area contributed by atoms with Crippen molar-refractivity contribution in [2.45, 2.75) is 25.8 Å². The van der Waals surface area contributed by atoms with E-state index in [2.05, 4.69) is 15.5 Å². The van der Waals surface area contributed by atoms with Crippen LogP contribution < -0.4 is 5.32 Å². The maximum absolute atomic E-state index is 14.3. The third-order valence-corrected chi connectivity index (χ3v) is 4.35. The molecule has 1 aliphatic heterocycles. The number of hydrogen-bond acceptors (Lipinski definition) is 5. The number of aliphatic hydroxyl groups is 1. The number of rotatable bonds is 4. The molecule has 1 aromatic carbocycles. The Morgan fingerprint density at radius 2 is 2.32 bits per heavy atom. The minimum atomic E-state index is -0.847. The van der Waals surface area contributed by atoms with Gasteiger partial charge in [0, 0.05) is 32.2 Å². The van der Waals surface area contributed by atoms with Crippen LogP contribution in [0.15, 0.2) is 28.8 Å². The number of carbonyl (C=O) groups excluding carboxylic acids is 1. The topological polar surface area (TPSA) is 91.5 Å². The summed E-state index contributed by atoms with van der Waals surface area (Å²) in [6.07, 6.45) is 1.71. The fourth-order valence-corrected chi connectivity index (χ4v) is 3.04. The van der Waals surface area contributed by atoms with Crippen LogP contribution in [0, 0.1) is 18.7 Å². The van der Waals surface area contributed by atoms with Gasteiger partial charge in [0.15, 0.2) is 5.82 Å². The van der Waals surface area contributed by atoms with Crippen LogP contribution in [0.3, 0.4) is 0 Å². The lowest BCUT2D eigenvalue weighted by atomic mass is 9.99. The number of likely N-dealkylation sites (tertiary alicyclic amines) is 1. The summed E-state index contributed by atoms with van der Waals surface area (Å²) in [5, 5.41) is 16.0. The van der Waals surface area contributed by atoms with Gasteiger partial charge in [0.25, 0.3) is 0 Å². The number of nitrogens with one attached hydrogen (secondary N) is 1. The van der Waals surface area contributed by atoms with Crippen LogP contribution in [0.1, 0.15) is 36.2 Å². The first kappa shape index (κ1) is 17.3. The summed E-state index contributed by atoms with van der Waals surface area (Å²) in [6, 6.07) is 4.99. The molecule has 7 nitrogen and oxygen atoms in total. The number of nitrogens with zero attached hydrogens (tertiary/aromatic N) is 3. The number of piperidine rings is 1. The standard InChI is InChI=1S/C17H21FN4O3/c1-11-19-16(21-25-11)15(13-6-2-3-7-14(13)18)20-17(24)22-8-4-5-12(9-22)10-23/h2-3,6-7,12,15,23H,4-5,8-10H2,1H3,(H,20,24). The lowest BCUT2D eigenvalue weighted by molar-refractivity contribution is 0.128. The van der Waals surface area contributed by atoms with Crippen molar-refractivity contribution in [2.24, 2.45) is 5.92 Å². The molecule has 1 aliphatic rings. The Morgan fingerprint density at radius 3 is 3.00 bits per heavy atom. The fraction of sp³-hybridized carbons (Fsp3) is 0.471. The monoisotopic (exact) mass is 348 g/mol. The SMILES string of the molecule is Cc1nc(C(NC(=O)N2CCCC(CO)C2)c2ccccc2F)no1. The van der Waals surface area contributed by atoms with E-state index in [1.807, 2.05) is 0 Å². The number of urea groups is 1. The first-order chi connectivity index (χ1) is 12.1. The molecule has 8 heteroatoms. The molecule has 2 unspecified atom stereocenters. The highest BCUT2D eigenvalue weighted by Crippen LogP contribution is 2.24. The number of amides is 2. The van der Waals surface area contributed by atoms with Crippen LogP contribution in [-0.2, 0) is 0 Å². The quantitative estimate of drug-likeness (QED) is 0.882. The average Bonchev–Trinajstić information content (AvgIpc) is 3.06. The van der Waals surface area contributed by atoms with Gasteiger partial charge >= 0.3 is 6.03 Å². The number of aryl methyl sites for hydroxylation is 1. The molecule has 0 bridgehead atoms. The second kappa shape index (κ2) is 7.60. The molecule has 25 heavy (non-hydrogen) atoms. The Bertz CT molecular complexity index is 736. The molecular weight excluding hydrogens is 327 g/mol. The second-order valence-electron chi connectivity index (χ2n) is 6.21. The van der Waals surface area contributed by atoms with Crippen LogP contribution in [0.2, 0.25) is 0 Å². The van der Waals surface area contributed by atoms with Crippen LogP contribution >= 0.6 is 0 Å². The zero-order valence-corrected chi connectivity index (χ0v) is 14.0. The minimum Gasteiger partial charge on any atom is -0.396 e. The molecule has 0 saturated carbocycles. The highest BCUT2D eigenvalue weighted by atomic mass is 19.1. The lowest BCUT2D eigenvalue weighted by Gasteiger charge is -2.32. The average molecular weight is 348 g/mol. The Balaban J connectivity index is 1.83. The molecule has 1 aromatic heterocycles. The van der Waals surface area contributed by atoms with E-state index in [1.54, 1.807) is 30.0 Å². The molecule has 2 heterocycles. The summed E-state index contributed by atoms with van der Waals surface area (Å²) in [5.41, 5.74) is 0.271. The van der Waals surface area contributed by atoms with Gasteiger partial charge in [0.2, 0.25) is 5.89 Å². The van der Waals surface area contributed by atoms with Gasteiger partial charge in [0.05, 0.1) is 0 Å². The van der Waals surface area contributed by atoms with Crippen molar-refractivity contribution in [3.63, 3.8) is 0 Å². The summed E-state index contributed by atoms with van der Waals surface area (Å²) >= 11 is 0. The van der Waals surface area contributed by atoms with Crippen molar-refractivity contribution in [3.05, 3.63) is 47.4 Å². The maximum atomic E-state index is 14.3. The van der Waals surface area contributed by atoms with Gasteiger partial charge in [-0.25, -0.2) is 9.18 Å². The van der Waals surface area contributed by atoms with Crippen LogP contribution in [-0.4, -0.2) is 45.9 Å². The minimum absolute atomic E-state index is 0.0462. The van der Waals surface area contributed by atoms with E-state index in [1.165, 1.54) is 6.07 Å². The Labute approximate surface area is 144 Å². The highest BCUT2D eigenvalue weighted by molar-refractivity contribution is 5.75. The van der Waals surface area contributed by atoms with Gasteiger partial charge < -0.3 is 19.8 Å². The van der Waals surface area contributed by atoms with E-state index >= 15 is 0 Å². The van der Waals surface area contributed by atoms with E-state index in [-0.39, 0.29) is 29.9 Å². The Kier molecular flexibility index (Phi) is 5.28. The number of halogens is 1. The van der Waals surface area contributed by atoms with Crippen molar-refractivity contribution < 1.29 is 18.8 Å². The number of aromatic nitrogens is 2. The van der Waals surface area contributed by atoms with Gasteiger partial charge in [-0.2, -0.15) is 4.98 Å². The van der Waals surface area contributed by atoms with Gasteiger partial charge in [-0.1, -0.05) is 23.4 Å². The van der Waals surface area contributed by atoms with Gasteiger partial charge in [-0.15, -0.1) is 0 Å². The third-order valence-electron chi connectivity index (χ3n) is 4.35. The molecule has 134 valence electrons. The van der Waals surface area contributed by atoms with Crippen molar-refractivity contribution in [1.29, 1.82) is 0 Å². The van der Waals surface area contributed by atoms with E-state index in [9.17, 15) is 14.3 Å². The summed E-state index contributed by atoms with van der Waals surface area (Å²) in [4.78, 5) is 18.4. The summed E-state index contributed by atoms with van der Waals surface area (Å²) in [7, 11) is 0. The molecule has 0 radical (unpaired) electrons. The Hall–Kier alpha value is -2.48. The van der Waals surface area contributed by atoms with Gasteiger partial charge in [-0.3, -0.25) is 0 Å². The molecule has 2 amide bonds. The van der Waals surface area contributed by atoms with E-state index < -0.39 is 11.9 Å². The number of benzene rings is 1. The largest absolute Gasteiger partial charge is 0.396 e. The molecule has 3 rings (SSSR count). The van der Waals surface area contributed by atoms with Gasteiger partial charge in [0.1, 0.15) is 11.9 Å².